The van der Waals surface area contributed by atoms with Crippen LogP contribution >= 0.6 is 7.60 Å². The molecule has 11 heteroatoms. The van der Waals surface area contributed by atoms with Gasteiger partial charge in [-0.15, -0.1) is 0 Å². The molecule has 0 radical (unpaired) electrons. The number of carbonyl (C=O) groups excluding carboxylic acids is 1. The summed E-state index contributed by atoms with van der Waals surface area (Å²) in [5.41, 5.74) is 5.37. The number of hydrogen-bond acceptors (Lipinski definition) is 9. The van der Waals surface area contributed by atoms with Crippen LogP contribution in [0.1, 0.15) is 33.1 Å². The maximum absolute atomic E-state index is 13.4. The number of hydrogen-bond donors (Lipinski definition) is 1. The van der Waals surface area contributed by atoms with Crippen LogP contribution in [0.3, 0.4) is 0 Å². The standard InChI is InChI=1S/C22H33N4O6P/c1-4-31-33(28,32-5-2)17(14-30-22(23)27)13-16-9-11-26(12-10-16)21-18-7-6-8-19(29-3)20(18)24-15-25-21/h6-8,15-17H,4-5,9-14H2,1-3H3,(H2,23,27). The zero-order valence-corrected chi connectivity index (χ0v) is 20.3. The van der Waals surface area contributed by atoms with E-state index >= 15 is 0 Å². The van der Waals surface area contributed by atoms with Crippen molar-refractivity contribution < 1.29 is 27.9 Å². The number of amides is 1. The molecule has 2 aromatic rings. The summed E-state index contributed by atoms with van der Waals surface area (Å²) in [4.78, 5) is 22.3. The molecule has 0 spiro atoms. The number of nitrogens with two attached hydrogens (primary N) is 1. The number of nitrogens with zero attached hydrogens (tertiary/aromatic N) is 3. The van der Waals surface area contributed by atoms with Crippen LogP contribution in [0.5, 0.6) is 5.75 Å². The molecule has 33 heavy (non-hydrogen) atoms. The third kappa shape index (κ3) is 6.13. The monoisotopic (exact) mass is 480 g/mol. The first-order valence-corrected chi connectivity index (χ1v) is 12.9. The van der Waals surface area contributed by atoms with E-state index in [-0.39, 0.29) is 25.7 Å². The Morgan fingerprint density at radius 2 is 1.91 bits per heavy atom. The van der Waals surface area contributed by atoms with Crippen LogP contribution in [-0.2, 0) is 18.3 Å². The third-order valence-corrected chi connectivity index (χ3v) is 8.32. The SMILES string of the molecule is CCOP(=O)(OCC)C(COC(N)=O)CC1CCN(c2ncnc3c(OC)cccc23)CC1. The zero-order valence-electron chi connectivity index (χ0n) is 19.4. The number of fused-ring (bicyclic) bond motifs is 1. The molecule has 1 atom stereocenters. The second-order valence-corrected chi connectivity index (χ2v) is 10.2. The summed E-state index contributed by atoms with van der Waals surface area (Å²) in [5, 5.41) is 0.945. The lowest BCUT2D eigenvalue weighted by Gasteiger charge is -2.35. The lowest BCUT2D eigenvalue weighted by molar-refractivity contribution is 0.140. The fraction of sp³-hybridized carbons (Fsp3) is 0.591. The number of methoxy groups -OCH3 is 1. The van der Waals surface area contributed by atoms with Gasteiger partial charge in [0, 0.05) is 18.5 Å². The summed E-state index contributed by atoms with van der Waals surface area (Å²) in [7, 11) is -1.82. The van der Waals surface area contributed by atoms with E-state index in [0.29, 0.717) is 12.2 Å². The van der Waals surface area contributed by atoms with Gasteiger partial charge in [0.2, 0.25) is 0 Å². The molecular formula is C22H33N4O6P. The van der Waals surface area contributed by atoms with Gasteiger partial charge in [-0.1, -0.05) is 6.07 Å². The van der Waals surface area contributed by atoms with Gasteiger partial charge < -0.3 is 29.2 Å². The number of aromatic nitrogens is 2. The first-order valence-electron chi connectivity index (χ1n) is 11.3. The van der Waals surface area contributed by atoms with E-state index < -0.39 is 19.3 Å². The summed E-state index contributed by atoms with van der Waals surface area (Å²) in [6, 6.07) is 5.81. The van der Waals surface area contributed by atoms with Crippen LogP contribution < -0.4 is 15.4 Å². The van der Waals surface area contributed by atoms with Crippen molar-refractivity contribution in [2.75, 3.05) is 44.9 Å². The Bertz CT molecular complexity index is 973. The first-order chi connectivity index (χ1) is 15.9. The maximum atomic E-state index is 13.4. The van der Waals surface area contributed by atoms with E-state index in [1.165, 1.54) is 0 Å². The molecule has 2 heterocycles. The van der Waals surface area contributed by atoms with Gasteiger partial charge >= 0.3 is 13.7 Å². The van der Waals surface area contributed by atoms with Crippen LogP contribution in [-0.4, -0.2) is 61.7 Å². The second kappa shape index (κ2) is 11.6. The molecule has 1 aromatic heterocycles. The number of piperidine rings is 1. The number of ether oxygens (including phenoxy) is 2. The Morgan fingerprint density at radius 3 is 2.52 bits per heavy atom. The van der Waals surface area contributed by atoms with Crippen molar-refractivity contribution in [2.24, 2.45) is 11.7 Å². The van der Waals surface area contributed by atoms with Gasteiger partial charge in [0.25, 0.3) is 0 Å². The summed E-state index contributed by atoms with van der Waals surface area (Å²) in [5.74, 6) is 1.85. The third-order valence-electron chi connectivity index (χ3n) is 5.83. The molecule has 3 rings (SSSR count). The number of primary amides is 1. The van der Waals surface area contributed by atoms with Gasteiger partial charge in [-0.25, -0.2) is 14.8 Å². The van der Waals surface area contributed by atoms with E-state index in [1.54, 1.807) is 27.3 Å². The zero-order chi connectivity index (χ0) is 23.8. The van der Waals surface area contributed by atoms with Crippen molar-refractivity contribution in [3.63, 3.8) is 0 Å². The van der Waals surface area contributed by atoms with E-state index in [9.17, 15) is 9.36 Å². The van der Waals surface area contributed by atoms with Crippen LogP contribution in [0.4, 0.5) is 10.6 Å². The highest BCUT2D eigenvalue weighted by Crippen LogP contribution is 2.55. The minimum absolute atomic E-state index is 0.0941. The summed E-state index contributed by atoms with van der Waals surface area (Å²) >= 11 is 0. The minimum Gasteiger partial charge on any atom is -0.494 e. The van der Waals surface area contributed by atoms with Crippen LogP contribution in [0.2, 0.25) is 0 Å². The Labute approximate surface area is 194 Å². The lowest BCUT2D eigenvalue weighted by atomic mass is 9.92. The molecule has 1 aromatic carbocycles. The fourth-order valence-electron chi connectivity index (χ4n) is 4.30. The quantitative estimate of drug-likeness (QED) is 0.475. The molecule has 10 nitrogen and oxygen atoms in total. The van der Waals surface area contributed by atoms with Crippen molar-refractivity contribution in [1.82, 2.24) is 9.97 Å². The molecule has 1 unspecified atom stereocenters. The average molecular weight is 481 g/mol. The van der Waals surface area contributed by atoms with Gasteiger partial charge in [0.15, 0.2) is 0 Å². The topological polar surface area (TPSA) is 126 Å². The van der Waals surface area contributed by atoms with Gasteiger partial charge in [-0.2, -0.15) is 0 Å². The van der Waals surface area contributed by atoms with Gasteiger partial charge in [0.1, 0.15) is 30.0 Å². The van der Waals surface area contributed by atoms with Crippen molar-refractivity contribution in [3.05, 3.63) is 24.5 Å². The molecule has 2 N–H and O–H groups in total. The number of rotatable bonds is 11. The van der Waals surface area contributed by atoms with E-state index in [2.05, 4.69) is 14.9 Å². The van der Waals surface area contributed by atoms with E-state index in [0.717, 1.165) is 42.7 Å². The largest absolute Gasteiger partial charge is 0.494 e. The summed E-state index contributed by atoms with van der Waals surface area (Å²) in [6.07, 6.45) is 2.93. The number of carbonyl (C=O) groups is 1. The van der Waals surface area contributed by atoms with Gasteiger partial charge in [0.05, 0.1) is 26.0 Å². The highest BCUT2D eigenvalue weighted by atomic mass is 31.2. The average Bonchev–Trinajstić information content (AvgIpc) is 2.81. The molecule has 1 fully saturated rings. The number of anilines is 1. The lowest BCUT2D eigenvalue weighted by Crippen LogP contribution is -2.36. The molecular weight excluding hydrogens is 447 g/mol. The molecule has 0 saturated carbocycles. The molecule has 0 aliphatic carbocycles. The van der Waals surface area contributed by atoms with Crippen LogP contribution in [0, 0.1) is 5.92 Å². The Balaban J connectivity index is 1.72. The molecule has 0 bridgehead atoms. The Morgan fingerprint density at radius 1 is 1.21 bits per heavy atom. The van der Waals surface area contributed by atoms with E-state index in [1.807, 2.05) is 18.2 Å². The Hall–Kier alpha value is -2.42. The predicted molar refractivity (Wildman–Crippen MR) is 126 cm³/mol. The second-order valence-electron chi connectivity index (χ2n) is 7.88. The van der Waals surface area contributed by atoms with Crippen molar-refractivity contribution >= 4 is 30.4 Å². The van der Waals surface area contributed by atoms with Gasteiger partial charge in [-0.3, -0.25) is 4.57 Å². The molecule has 1 saturated heterocycles. The number of benzene rings is 1. The van der Waals surface area contributed by atoms with Crippen molar-refractivity contribution in [3.8, 4) is 5.75 Å². The highest BCUT2D eigenvalue weighted by molar-refractivity contribution is 7.54. The molecule has 182 valence electrons. The van der Waals surface area contributed by atoms with Crippen molar-refractivity contribution in [1.29, 1.82) is 0 Å². The summed E-state index contributed by atoms with van der Waals surface area (Å²) in [6.45, 7) is 5.48. The Kier molecular flexibility index (Phi) is 8.88. The number of para-hydroxylation sites is 1. The summed E-state index contributed by atoms with van der Waals surface area (Å²) < 4.78 is 34.9. The van der Waals surface area contributed by atoms with Crippen LogP contribution in [0.25, 0.3) is 10.9 Å². The normalized spacial score (nSPS) is 16.0. The smallest absolute Gasteiger partial charge is 0.404 e. The maximum Gasteiger partial charge on any atom is 0.404 e. The molecule has 1 aliphatic rings. The first kappa shape index (κ1) is 25.2. The van der Waals surface area contributed by atoms with Gasteiger partial charge in [-0.05, 0) is 51.2 Å². The predicted octanol–water partition coefficient (Wildman–Crippen LogP) is 3.97. The van der Waals surface area contributed by atoms with Crippen LogP contribution in [0.15, 0.2) is 24.5 Å². The highest BCUT2D eigenvalue weighted by Gasteiger charge is 2.39. The molecule has 1 aliphatic heterocycles. The van der Waals surface area contributed by atoms with E-state index in [4.69, 9.17) is 24.3 Å². The minimum atomic E-state index is -3.45. The fourth-order valence-corrected chi connectivity index (χ4v) is 6.33. The molecule has 1 amide bonds. The van der Waals surface area contributed by atoms with Crippen molar-refractivity contribution in [2.45, 2.75) is 38.8 Å².